The number of phenolic OH excluding ortho intramolecular Hbond substituents is 1. The minimum atomic E-state index is -0.583. The molecule has 0 heterocycles. The Labute approximate surface area is 83.3 Å². The lowest BCUT2D eigenvalue weighted by Crippen LogP contribution is -2.26. The molecule has 1 aromatic rings. The molecule has 0 saturated carbocycles. The van der Waals surface area contributed by atoms with Crippen LogP contribution in [0.5, 0.6) is 5.75 Å². The Morgan fingerprint density at radius 3 is 2.64 bits per heavy atom. The number of phenols is 1. The van der Waals surface area contributed by atoms with Gasteiger partial charge in [0.1, 0.15) is 11.4 Å². The van der Waals surface area contributed by atoms with Gasteiger partial charge in [-0.05, 0) is 25.5 Å². The van der Waals surface area contributed by atoms with E-state index in [4.69, 9.17) is 4.74 Å². The topological polar surface area (TPSA) is 46.5 Å². The van der Waals surface area contributed by atoms with E-state index in [9.17, 15) is 9.90 Å². The Morgan fingerprint density at radius 1 is 1.43 bits per heavy atom. The zero-order valence-electron chi connectivity index (χ0n) is 8.36. The van der Waals surface area contributed by atoms with E-state index in [0.29, 0.717) is 12.9 Å². The summed E-state index contributed by atoms with van der Waals surface area (Å²) in [5.74, 6) is 0.232. The molecule has 3 heteroatoms. The number of benzene rings is 1. The van der Waals surface area contributed by atoms with Crippen LogP contribution in [0.25, 0.3) is 0 Å². The highest BCUT2D eigenvalue weighted by Crippen LogP contribution is 2.23. The van der Waals surface area contributed by atoms with Crippen LogP contribution in [0.3, 0.4) is 0 Å². The van der Waals surface area contributed by atoms with Gasteiger partial charge in [0.15, 0.2) is 0 Å². The number of ether oxygens (including phenoxy) is 1. The van der Waals surface area contributed by atoms with Crippen LogP contribution in [0.15, 0.2) is 24.3 Å². The summed E-state index contributed by atoms with van der Waals surface area (Å²) in [5.41, 5.74) is 0.194. The van der Waals surface area contributed by atoms with Gasteiger partial charge in [0.2, 0.25) is 0 Å². The molecule has 0 aliphatic heterocycles. The third-order valence-corrected chi connectivity index (χ3v) is 1.97. The number of hydrogen-bond acceptors (Lipinski definition) is 3. The first-order chi connectivity index (χ1) is 6.55. The summed E-state index contributed by atoms with van der Waals surface area (Å²) in [6.07, 6.45) is 0.498. The van der Waals surface area contributed by atoms with Gasteiger partial charge in [-0.3, -0.25) is 4.79 Å². The van der Waals surface area contributed by atoms with Gasteiger partial charge in [-0.1, -0.05) is 18.2 Å². The van der Waals surface area contributed by atoms with Crippen LogP contribution in [0.4, 0.5) is 0 Å². The smallest absolute Gasteiger partial charge is 0.293 e. The van der Waals surface area contributed by atoms with E-state index < -0.39 is 5.60 Å². The van der Waals surface area contributed by atoms with Crippen molar-refractivity contribution in [3.8, 4) is 5.75 Å². The van der Waals surface area contributed by atoms with Crippen LogP contribution in [0.1, 0.15) is 19.4 Å². The summed E-state index contributed by atoms with van der Waals surface area (Å²) in [7, 11) is 0. The predicted molar refractivity (Wildman–Crippen MR) is 53.0 cm³/mol. The minimum Gasteiger partial charge on any atom is -0.508 e. The highest BCUT2D eigenvalue weighted by molar-refractivity contribution is 5.39. The molecule has 0 bridgehead atoms. The van der Waals surface area contributed by atoms with E-state index in [0.717, 1.165) is 5.56 Å². The minimum absolute atomic E-state index is 0.232. The molecule has 0 aliphatic carbocycles. The first kappa shape index (κ1) is 10.6. The molecule has 0 atom stereocenters. The molecule has 3 nitrogen and oxygen atoms in total. The monoisotopic (exact) mass is 194 g/mol. The summed E-state index contributed by atoms with van der Waals surface area (Å²) in [4.78, 5) is 10.2. The molecule has 1 rings (SSSR count). The van der Waals surface area contributed by atoms with Gasteiger partial charge >= 0.3 is 0 Å². The van der Waals surface area contributed by atoms with Crippen molar-refractivity contribution < 1.29 is 14.6 Å². The van der Waals surface area contributed by atoms with Gasteiger partial charge in [-0.25, -0.2) is 0 Å². The zero-order valence-corrected chi connectivity index (χ0v) is 8.36. The van der Waals surface area contributed by atoms with Crippen molar-refractivity contribution in [2.24, 2.45) is 0 Å². The SMILES string of the molecule is CC(C)(Cc1ccccc1O)OC=O. The molecule has 0 radical (unpaired) electrons. The maximum absolute atomic E-state index is 10.2. The standard InChI is InChI=1S/C11H14O3/c1-11(2,14-8-12)7-9-5-3-4-6-10(9)13/h3-6,8,13H,7H2,1-2H3. The van der Waals surface area contributed by atoms with Crippen molar-refractivity contribution in [2.75, 3.05) is 0 Å². The summed E-state index contributed by atoms with van der Waals surface area (Å²) in [6.45, 7) is 4.03. The molecule has 0 saturated heterocycles. The Kier molecular flexibility index (Phi) is 3.12. The van der Waals surface area contributed by atoms with Crippen molar-refractivity contribution in [3.63, 3.8) is 0 Å². The van der Waals surface area contributed by atoms with Crippen LogP contribution in [-0.2, 0) is 16.0 Å². The number of hydrogen-bond donors (Lipinski definition) is 1. The largest absolute Gasteiger partial charge is 0.508 e. The van der Waals surface area contributed by atoms with Crippen molar-refractivity contribution in [1.29, 1.82) is 0 Å². The van der Waals surface area contributed by atoms with Gasteiger partial charge in [0, 0.05) is 6.42 Å². The van der Waals surface area contributed by atoms with E-state index in [1.807, 2.05) is 12.1 Å². The van der Waals surface area contributed by atoms with Crippen molar-refractivity contribution in [3.05, 3.63) is 29.8 Å². The summed E-state index contributed by atoms with van der Waals surface area (Å²) < 4.78 is 4.90. The van der Waals surface area contributed by atoms with Crippen molar-refractivity contribution in [2.45, 2.75) is 25.9 Å². The van der Waals surface area contributed by atoms with Gasteiger partial charge in [0.05, 0.1) is 0 Å². The lowest BCUT2D eigenvalue weighted by Gasteiger charge is -2.22. The summed E-state index contributed by atoms with van der Waals surface area (Å²) >= 11 is 0. The second kappa shape index (κ2) is 4.13. The molecule has 0 spiro atoms. The van der Waals surface area contributed by atoms with Crippen LogP contribution in [-0.4, -0.2) is 17.2 Å². The Hall–Kier alpha value is -1.51. The molecule has 76 valence electrons. The zero-order chi connectivity index (χ0) is 10.6. The number of rotatable bonds is 4. The molecule has 0 fully saturated rings. The van der Waals surface area contributed by atoms with Crippen LogP contribution >= 0.6 is 0 Å². The van der Waals surface area contributed by atoms with E-state index in [-0.39, 0.29) is 5.75 Å². The predicted octanol–water partition coefficient (Wildman–Crippen LogP) is 1.89. The normalized spacial score (nSPS) is 11.0. The fraction of sp³-hybridized carbons (Fsp3) is 0.364. The van der Waals surface area contributed by atoms with Gasteiger partial charge in [0.25, 0.3) is 6.47 Å². The van der Waals surface area contributed by atoms with Crippen LogP contribution < -0.4 is 0 Å². The fourth-order valence-electron chi connectivity index (χ4n) is 1.29. The van der Waals surface area contributed by atoms with Gasteiger partial charge in [-0.15, -0.1) is 0 Å². The highest BCUT2D eigenvalue weighted by Gasteiger charge is 2.20. The lowest BCUT2D eigenvalue weighted by molar-refractivity contribution is -0.140. The quantitative estimate of drug-likeness (QED) is 0.744. The summed E-state index contributed by atoms with van der Waals surface area (Å²) in [6, 6.07) is 7.02. The second-order valence-corrected chi connectivity index (χ2v) is 3.78. The Morgan fingerprint density at radius 2 is 2.07 bits per heavy atom. The molecular weight excluding hydrogens is 180 g/mol. The first-order valence-corrected chi connectivity index (χ1v) is 4.43. The third-order valence-electron chi connectivity index (χ3n) is 1.97. The first-order valence-electron chi connectivity index (χ1n) is 4.43. The lowest BCUT2D eigenvalue weighted by atomic mass is 9.98. The summed E-state index contributed by atoms with van der Waals surface area (Å²) in [5, 5.41) is 9.50. The van der Waals surface area contributed by atoms with Crippen molar-refractivity contribution >= 4 is 6.47 Å². The molecule has 0 aliphatic rings. The number of para-hydroxylation sites is 1. The Balaban J connectivity index is 2.78. The fourth-order valence-corrected chi connectivity index (χ4v) is 1.29. The van der Waals surface area contributed by atoms with E-state index >= 15 is 0 Å². The Bertz CT molecular complexity index is 318. The van der Waals surface area contributed by atoms with E-state index in [2.05, 4.69) is 0 Å². The van der Waals surface area contributed by atoms with Crippen molar-refractivity contribution in [1.82, 2.24) is 0 Å². The molecule has 0 amide bonds. The molecule has 1 aromatic carbocycles. The van der Waals surface area contributed by atoms with E-state index in [1.54, 1.807) is 26.0 Å². The van der Waals surface area contributed by atoms with Gasteiger partial charge in [-0.2, -0.15) is 0 Å². The number of carbonyl (C=O) groups is 1. The third kappa shape index (κ3) is 2.76. The molecule has 0 aromatic heterocycles. The molecule has 0 unspecified atom stereocenters. The van der Waals surface area contributed by atoms with E-state index in [1.165, 1.54) is 0 Å². The van der Waals surface area contributed by atoms with Crippen LogP contribution in [0, 0.1) is 0 Å². The molecular formula is C11H14O3. The number of aromatic hydroxyl groups is 1. The average Bonchev–Trinajstić information content (AvgIpc) is 2.08. The second-order valence-electron chi connectivity index (χ2n) is 3.78. The maximum atomic E-state index is 10.2. The molecule has 1 N–H and O–H groups in total. The molecule has 14 heavy (non-hydrogen) atoms. The number of carbonyl (C=O) groups excluding carboxylic acids is 1. The average molecular weight is 194 g/mol. The highest BCUT2D eigenvalue weighted by atomic mass is 16.5. The maximum Gasteiger partial charge on any atom is 0.293 e. The van der Waals surface area contributed by atoms with Gasteiger partial charge < -0.3 is 9.84 Å². The van der Waals surface area contributed by atoms with Crippen LogP contribution in [0.2, 0.25) is 0 Å².